The number of nitrogens with zero attached hydrogens (tertiary/aromatic N) is 2. The molecule has 1 amide bonds. The van der Waals surface area contributed by atoms with Crippen molar-refractivity contribution in [1.82, 2.24) is 9.99 Å². The van der Waals surface area contributed by atoms with Crippen LogP contribution in [-0.4, -0.2) is 16.7 Å². The zero-order valence-corrected chi connectivity index (χ0v) is 18.4. The lowest BCUT2D eigenvalue weighted by Crippen LogP contribution is -2.16. The van der Waals surface area contributed by atoms with Crippen molar-refractivity contribution in [2.75, 3.05) is 0 Å². The van der Waals surface area contributed by atoms with E-state index in [2.05, 4.69) is 41.1 Å². The number of carbonyl (C=O) groups excluding carboxylic acids is 1. The first-order chi connectivity index (χ1) is 15.0. The Balaban J connectivity index is 1.32. The second kappa shape index (κ2) is 9.06. The maximum atomic E-state index is 12.2. The summed E-state index contributed by atoms with van der Waals surface area (Å²) < 4.78 is 13.6. The molecular weight excluding hydrogens is 410 g/mol. The van der Waals surface area contributed by atoms with Crippen LogP contribution in [-0.2, 0) is 6.61 Å². The molecule has 0 radical (unpaired) electrons. The summed E-state index contributed by atoms with van der Waals surface area (Å²) in [5, 5.41) is 3.97. The van der Waals surface area contributed by atoms with Gasteiger partial charge in [0.15, 0.2) is 5.76 Å². The standard InChI is InChI=1S/C24H23N3O3S/c1-16-4-5-17(2)27(16)19-7-9-20(10-8-19)29-15-21-11-13-23(30-21)24(28)26-25-14-22-12-6-18(3)31-22/h4-14H,15H2,1-3H3,(H,26,28)/b25-14+. The van der Waals surface area contributed by atoms with Crippen molar-refractivity contribution < 1.29 is 13.9 Å². The second-order valence-electron chi connectivity index (χ2n) is 7.15. The van der Waals surface area contributed by atoms with Crippen molar-refractivity contribution in [2.45, 2.75) is 27.4 Å². The maximum Gasteiger partial charge on any atom is 0.307 e. The minimum absolute atomic E-state index is 0.187. The molecule has 0 saturated carbocycles. The van der Waals surface area contributed by atoms with Gasteiger partial charge in [-0.3, -0.25) is 4.79 Å². The minimum atomic E-state index is -0.405. The number of amides is 1. The molecule has 0 aliphatic rings. The highest BCUT2D eigenvalue weighted by Crippen LogP contribution is 2.21. The Morgan fingerprint density at radius 2 is 1.77 bits per heavy atom. The van der Waals surface area contributed by atoms with E-state index in [9.17, 15) is 4.79 Å². The molecule has 1 aromatic carbocycles. The van der Waals surface area contributed by atoms with Gasteiger partial charge in [-0.1, -0.05) is 0 Å². The molecule has 0 spiro atoms. The van der Waals surface area contributed by atoms with Crippen LogP contribution >= 0.6 is 11.3 Å². The molecule has 3 aromatic heterocycles. The van der Waals surface area contributed by atoms with Gasteiger partial charge < -0.3 is 13.7 Å². The smallest absolute Gasteiger partial charge is 0.307 e. The number of furan rings is 1. The largest absolute Gasteiger partial charge is 0.486 e. The van der Waals surface area contributed by atoms with Gasteiger partial charge in [0.2, 0.25) is 0 Å². The Hall–Kier alpha value is -3.58. The number of hydrogen-bond acceptors (Lipinski definition) is 5. The van der Waals surface area contributed by atoms with E-state index in [4.69, 9.17) is 9.15 Å². The van der Waals surface area contributed by atoms with Gasteiger partial charge in [0.05, 0.1) is 6.21 Å². The van der Waals surface area contributed by atoms with Crippen molar-refractivity contribution in [3.05, 3.63) is 93.3 Å². The average Bonchev–Trinajstić information content (AvgIpc) is 3.48. The fraction of sp³-hybridized carbons (Fsp3) is 0.167. The SMILES string of the molecule is Cc1ccc(/C=N/NC(=O)c2ccc(COc3ccc(-n4c(C)ccc4C)cc3)o2)s1. The van der Waals surface area contributed by atoms with Crippen LogP contribution in [0.4, 0.5) is 0 Å². The molecule has 4 rings (SSSR count). The molecule has 0 unspecified atom stereocenters. The monoisotopic (exact) mass is 433 g/mol. The number of hydrazone groups is 1. The van der Waals surface area contributed by atoms with Crippen LogP contribution in [0, 0.1) is 20.8 Å². The number of carbonyl (C=O) groups is 1. The predicted octanol–water partition coefficient (Wildman–Crippen LogP) is 5.40. The Morgan fingerprint density at radius 1 is 1.03 bits per heavy atom. The summed E-state index contributed by atoms with van der Waals surface area (Å²) in [4.78, 5) is 14.3. The third-order valence-electron chi connectivity index (χ3n) is 4.75. The number of rotatable bonds is 7. The number of benzene rings is 1. The summed E-state index contributed by atoms with van der Waals surface area (Å²) in [6, 6.07) is 19.4. The molecule has 4 aromatic rings. The molecule has 7 heteroatoms. The number of aromatic nitrogens is 1. The molecule has 0 saturated heterocycles. The van der Waals surface area contributed by atoms with Crippen LogP contribution < -0.4 is 10.2 Å². The lowest BCUT2D eigenvalue weighted by Gasteiger charge is -2.10. The van der Waals surface area contributed by atoms with E-state index in [1.54, 1.807) is 29.7 Å². The highest BCUT2D eigenvalue weighted by Gasteiger charge is 2.11. The van der Waals surface area contributed by atoms with Crippen LogP contribution in [0.3, 0.4) is 0 Å². The summed E-state index contributed by atoms with van der Waals surface area (Å²) >= 11 is 1.60. The van der Waals surface area contributed by atoms with Crippen LogP contribution in [0.5, 0.6) is 5.75 Å². The fourth-order valence-corrected chi connectivity index (χ4v) is 3.98. The molecule has 3 heterocycles. The Morgan fingerprint density at radius 3 is 2.45 bits per heavy atom. The fourth-order valence-electron chi connectivity index (χ4n) is 3.23. The molecule has 1 N–H and O–H groups in total. The zero-order valence-electron chi connectivity index (χ0n) is 17.6. The first-order valence-corrected chi connectivity index (χ1v) is 10.7. The molecule has 158 valence electrons. The molecule has 0 bridgehead atoms. The van der Waals surface area contributed by atoms with Gasteiger partial charge in [-0.05, 0) is 81.4 Å². The Labute approximate surface area is 184 Å². The number of aryl methyl sites for hydroxylation is 3. The van der Waals surface area contributed by atoms with Crippen molar-refractivity contribution in [2.24, 2.45) is 5.10 Å². The number of nitrogens with one attached hydrogen (secondary N) is 1. The van der Waals surface area contributed by atoms with Crippen molar-refractivity contribution >= 4 is 23.5 Å². The van der Waals surface area contributed by atoms with E-state index in [1.807, 2.05) is 43.3 Å². The molecule has 0 aliphatic carbocycles. The van der Waals surface area contributed by atoms with Gasteiger partial charge in [-0.2, -0.15) is 5.10 Å². The molecular formula is C24H23N3O3S. The molecule has 0 atom stereocenters. The predicted molar refractivity (Wildman–Crippen MR) is 122 cm³/mol. The summed E-state index contributed by atoms with van der Waals surface area (Å²) in [7, 11) is 0. The van der Waals surface area contributed by atoms with Gasteiger partial charge in [-0.15, -0.1) is 11.3 Å². The van der Waals surface area contributed by atoms with Crippen molar-refractivity contribution in [1.29, 1.82) is 0 Å². The van der Waals surface area contributed by atoms with E-state index in [-0.39, 0.29) is 12.4 Å². The average molecular weight is 434 g/mol. The quantitative estimate of drug-likeness (QED) is 0.313. The summed E-state index contributed by atoms with van der Waals surface area (Å²) in [5.41, 5.74) is 5.92. The number of hydrogen-bond donors (Lipinski definition) is 1. The topological polar surface area (TPSA) is 68.8 Å². The first kappa shape index (κ1) is 20.7. The van der Waals surface area contributed by atoms with Crippen LogP contribution in [0.1, 0.15) is 37.5 Å². The Bertz CT molecular complexity index is 1200. The van der Waals surface area contributed by atoms with Crippen LogP contribution in [0.15, 0.2) is 70.2 Å². The van der Waals surface area contributed by atoms with E-state index in [0.29, 0.717) is 5.76 Å². The van der Waals surface area contributed by atoms with Gasteiger partial charge in [-0.25, -0.2) is 5.43 Å². The maximum absolute atomic E-state index is 12.2. The van der Waals surface area contributed by atoms with E-state index < -0.39 is 5.91 Å². The second-order valence-corrected chi connectivity index (χ2v) is 8.47. The van der Waals surface area contributed by atoms with Gasteiger partial charge in [0, 0.05) is 26.8 Å². The van der Waals surface area contributed by atoms with Gasteiger partial charge >= 0.3 is 5.91 Å². The van der Waals surface area contributed by atoms with Crippen LogP contribution in [0.2, 0.25) is 0 Å². The molecule has 0 fully saturated rings. The summed E-state index contributed by atoms with van der Waals surface area (Å²) in [5.74, 6) is 1.07. The van der Waals surface area contributed by atoms with E-state index in [1.165, 1.54) is 16.3 Å². The normalized spacial score (nSPS) is 11.2. The van der Waals surface area contributed by atoms with Crippen molar-refractivity contribution in [3.8, 4) is 11.4 Å². The van der Waals surface area contributed by atoms with E-state index in [0.717, 1.165) is 16.3 Å². The number of ether oxygens (including phenoxy) is 1. The van der Waals surface area contributed by atoms with Gasteiger partial charge in [0.1, 0.15) is 18.1 Å². The number of thiophene rings is 1. The highest BCUT2D eigenvalue weighted by molar-refractivity contribution is 7.13. The highest BCUT2D eigenvalue weighted by atomic mass is 32.1. The molecule has 6 nitrogen and oxygen atoms in total. The zero-order chi connectivity index (χ0) is 21.8. The Kier molecular flexibility index (Phi) is 6.04. The lowest BCUT2D eigenvalue weighted by atomic mass is 10.3. The van der Waals surface area contributed by atoms with Gasteiger partial charge in [0.25, 0.3) is 0 Å². The minimum Gasteiger partial charge on any atom is -0.486 e. The van der Waals surface area contributed by atoms with E-state index >= 15 is 0 Å². The first-order valence-electron chi connectivity index (χ1n) is 9.86. The third kappa shape index (κ3) is 4.95. The molecule has 31 heavy (non-hydrogen) atoms. The third-order valence-corrected chi connectivity index (χ3v) is 5.69. The molecule has 0 aliphatic heterocycles. The lowest BCUT2D eigenvalue weighted by molar-refractivity contribution is 0.0923. The van der Waals surface area contributed by atoms with Crippen molar-refractivity contribution in [3.63, 3.8) is 0 Å². The van der Waals surface area contributed by atoms with Crippen LogP contribution in [0.25, 0.3) is 5.69 Å². The summed E-state index contributed by atoms with van der Waals surface area (Å²) in [6.45, 7) is 6.41. The summed E-state index contributed by atoms with van der Waals surface area (Å²) in [6.07, 6.45) is 1.61.